The molecule has 0 aliphatic rings. The van der Waals surface area contributed by atoms with Gasteiger partial charge in [0, 0.05) is 5.25 Å². The van der Waals surface area contributed by atoms with Crippen LogP contribution < -0.4 is 51.4 Å². The summed E-state index contributed by atoms with van der Waals surface area (Å²) in [6, 6.07) is 0. The number of unbranched alkanes of at least 4 members (excludes halogenated alkanes) is 4. The SMILES string of the molecule is CCCCCCCC(CCCC(C)O)S(=O)(=O)[O-].[K+]. The molecule has 2 atom stereocenters. The molecule has 0 rings (SSSR count). The Morgan fingerprint density at radius 1 is 1.00 bits per heavy atom. The summed E-state index contributed by atoms with van der Waals surface area (Å²) in [5.74, 6) is 0. The Balaban J connectivity index is 0. The van der Waals surface area contributed by atoms with Gasteiger partial charge in [-0.25, -0.2) is 8.42 Å². The smallest absolute Gasteiger partial charge is 0.748 e. The molecule has 0 radical (unpaired) electrons. The van der Waals surface area contributed by atoms with E-state index in [-0.39, 0.29) is 51.4 Å². The second kappa shape index (κ2) is 13.2. The van der Waals surface area contributed by atoms with Crippen LogP contribution in [0.3, 0.4) is 0 Å². The van der Waals surface area contributed by atoms with Crippen molar-refractivity contribution >= 4 is 10.1 Å². The van der Waals surface area contributed by atoms with Gasteiger partial charge in [-0.15, -0.1) is 0 Å². The van der Waals surface area contributed by atoms with Crippen LogP contribution in [0, 0.1) is 0 Å². The predicted octanol–water partition coefficient (Wildman–Crippen LogP) is -0.184. The first-order valence-electron chi connectivity index (χ1n) is 7.00. The number of aliphatic hydroxyl groups is 1. The summed E-state index contributed by atoms with van der Waals surface area (Å²) >= 11 is 0. The second-order valence-electron chi connectivity index (χ2n) is 5.10. The number of rotatable bonds is 11. The summed E-state index contributed by atoms with van der Waals surface area (Å²) in [4.78, 5) is 0. The van der Waals surface area contributed by atoms with Gasteiger partial charge in [-0.2, -0.15) is 0 Å². The van der Waals surface area contributed by atoms with E-state index in [0.717, 1.165) is 32.1 Å². The largest absolute Gasteiger partial charge is 1.00 e. The fourth-order valence-corrected chi connectivity index (χ4v) is 2.96. The van der Waals surface area contributed by atoms with Crippen LogP contribution in [0.25, 0.3) is 0 Å². The van der Waals surface area contributed by atoms with Crippen LogP contribution in [-0.2, 0) is 10.1 Å². The normalized spacial score (nSPS) is 14.7. The average molecular weight is 319 g/mol. The van der Waals surface area contributed by atoms with Crippen molar-refractivity contribution in [3.05, 3.63) is 0 Å². The molecule has 0 bridgehead atoms. The van der Waals surface area contributed by atoms with Crippen molar-refractivity contribution in [2.24, 2.45) is 0 Å². The zero-order chi connectivity index (χ0) is 14.0. The molecule has 0 amide bonds. The Kier molecular flexibility index (Phi) is 15.8. The molecule has 0 aromatic rings. The summed E-state index contributed by atoms with van der Waals surface area (Å²) < 4.78 is 33.3. The van der Waals surface area contributed by atoms with Crippen molar-refractivity contribution in [2.75, 3.05) is 0 Å². The molecule has 0 aliphatic carbocycles. The molecule has 19 heavy (non-hydrogen) atoms. The van der Waals surface area contributed by atoms with Gasteiger partial charge in [-0.1, -0.05) is 39.0 Å². The maximum Gasteiger partial charge on any atom is 1.00 e. The molecule has 0 aromatic heterocycles. The van der Waals surface area contributed by atoms with Gasteiger partial charge in [0.1, 0.15) is 0 Å². The van der Waals surface area contributed by atoms with E-state index < -0.39 is 21.5 Å². The first kappa shape index (κ1) is 22.8. The summed E-state index contributed by atoms with van der Waals surface area (Å²) in [7, 11) is -4.19. The monoisotopic (exact) mass is 318 g/mol. The van der Waals surface area contributed by atoms with E-state index in [2.05, 4.69) is 6.92 Å². The molecule has 0 saturated heterocycles. The fraction of sp³-hybridized carbons (Fsp3) is 1.00. The second-order valence-corrected chi connectivity index (χ2v) is 6.75. The van der Waals surface area contributed by atoms with Crippen molar-refractivity contribution in [1.29, 1.82) is 0 Å². The zero-order valence-electron chi connectivity index (χ0n) is 12.6. The average Bonchev–Trinajstić information content (AvgIpc) is 2.24. The third kappa shape index (κ3) is 14.2. The topological polar surface area (TPSA) is 77.4 Å². The number of hydrogen-bond donors (Lipinski definition) is 1. The zero-order valence-corrected chi connectivity index (χ0v) is 16.5. The molecular weight excluding hydrogens is 291 g/mol. The Labute approximate surface area is 160 Å². The van der Waals surface area contributed by atoms with Crippen molar-refractivity contribution in [1.82, 2.24) is 0 Å². The van der Waals surface area contributed by atoms with Crippen LogP contribution in [0.2, 0.25) is 0 Å². The molecule has 0 aliphatic heterocycles. The summed E-state index contributed by atoms with van der Waals surface area (Å²) in [5, 5.41) is 8.35. The van der Waals surface area contributed by atoms with Gasteiger partial charge in [0.15, 0.2) is 0 Å². The quantitative estimate of drug-likeness (QED) is 0.326. The first-order chi connectivity index (χ1) is 8.38. The summed E-state index contributed by atoms with van der Waals surface area (Å²) in [6.45, 7) is 3.80. The third-order valence-electron chi connectivity index (χ3n) is 3.19. The maximum absolute atomic E-state index is 11.1. The molecule has 1 N–H and O–H groups in total. The molecule has 4 nitrogen and oxygen atoms in total. The Morgan fingerprint density at radius 3 is 2.00 bits per heavy atom. The Hall–Kier alpha value is 1.51. The third-order valence-corrected chi connectivity index (χ3v) is 4.47. The van der Waals surface area contributed by atoms with E-state index >= 15 is 0 Å². The van der Waals surface area contributed by atoms with Gasteiger partial charge in [0.2, 0.25) is 0 Å². The first-order valence-corrected chi connectivity index (χ1v) is 8.47. The van der Waals surface area contributed by atoms with Crippen LogP contribution in [0.1, 0.15) is 71.6 Å². The van der Waals surface area contributed by atoms with E-state index in [1.54, 1.807) is 6.92 Å². The van der Waals surface area contributed by atoms with E-state index in [9.17, 15) is 13.0 Å². The van der Waals surface area contributed by atoms with Crippen LogP contribution in [0.4, 0.5) is 0 Å². The van der Waals surface area contributed by atoms with Crippen molar-refractivity contribution in [3.63, 3.8) is 0 Å². The standard InChI is InChI=1S/C13H28O4S.K/c1-3-4-5-6-7-10-13(18(15,16)17)11-8-9-12(2)14;/h12-14H,3-11H2,1-2H3,(H,15,16,17);/q;+1/p-1. The minimum Gasteiger partial charge on any atom is -0.748 e. The van der Waals surface area contributed by atoms with E-state index in [1.807, 2.05) is 0 Å². The summed E-state index contributed by atoms with van der Waals surface area (Å²) in [6.07, 6.45) is 6.80. The van der Waals surface area contributed by atoms with Gasteiger partial charge in [0.05, 0.1) is 16.2 Å². The van der Waals surface area contributed by atoms with Gasteiger partial charge in [-0.05, 0) is 32.6 Å². The van der Waals surface area contributed by atoms with Crippen molar-refractivity contribution < 1.29 is 69.5 Å². The van der Waals surface area contributed by atoms with Gasteiger partial charge in [0.25, 0.3) is 0 Å². The Bertz CT molecular complexity index is 291. The Morgan fingerprint density at radius 2 is 1.53 bits per heavy atom. The van der Waals surface area contributed by atoms with E-state index in [1.165, 1.54) is 0 Å². The van der Waals surface area contributed by atoms with Crippen molar-refractivity contribution in [2.45, 2.75) is 83.0 Å². The van der Waals surface area contributed by atoms with Crippen LogP contribution >= 0.6 is 0 Å². The molecule has 0 saturated carbocycles. The minimum atomic E-state index is -4.19. The van der Waals surface area contributed by atoms with Gasteiger partial charge < -0.3 is 9.66 Å². The van der Waals surface area contributed by atoms with Gasteiger partial charge in [-0.3, -0.25) is 0 Å². The molecule has 0 spiro atoms. The predicted molar refractivity (Wildman–Crippen MR) is 72.4 cm³/mol. The molecule has 0 fully saturated rings. The molecular formula is C13H27KO4S. The number of aliphatic hydroxyl groups excluding tert-OH is 1. The minimum absolute atomic E-state index is 0. The van der Waals surface area contributed by atoms with Gasteiger partial charge >= 0.3 is 51.4 Å². The molecule has 0 aromatic carbocycles. The van der Waals surface area contributed by atoms with Crippen molar-refractivity contribution in [3.8, 4) is 0 Å². The molecule has 6 heteroatoms. The van der Waals surface area contributed by atoms with Crippen LogP contribution in [-0.4, -0.2) is 29.4 Å². The maximum atomic E-state index is 11.1. The fourth-order valence-electron chi connectivity index (χ4n) is 2.05. The molecule has 2 unspecified atom stereocenters. The van der Waals surface area contributed by atoms with Crippen LogP contribution in [0.15, 0.2) is 0 Å². The van der Waals surface area contributed by atoms with E-state index in [4.69, 9.17) is 5.11 Å². The number of hydrogen-bond acceptors (Lipinski definition) is 4. The molecule has 0 heterocycles. The molecule has 110 valence electrons. The summed E-state index contributed by atoms with van der Waals surface area (Å²) in [5.41, 5.74) is 0. The van der Waals surface area contributed by atoms with Crippen LogP contribution in [0.5, 0.6) is 0 Å². The van der Waals surface area contributed by atoms with E-state index in [0.29, 0.717) is 25.7 Å².